The fraction of sp³-hybridized carbons (Fsp3) is 0. The quantitative estimate of drug-likeness (QED) is 0.745. The van der Waals surface area contributed by atoms with Gasteiger partial charge in [-0.25, -0.2) is 0 Å². The van der Waals surface area contributed by atoms with Gasteiger partial charge in [-0.15, -0.1) is 0 Å². The highest BCUT2D eigenvalue weighted by Crippen LogP contribution is 2.16. The van der Waals surface area contributed by atoms with Gasteiger partial charge in [0.05, 0.1) is 0 Å². The van der Waals surface area contributed by atoms with Crippen LogP contribution >= 0.6 is 22.6 Å². The average molecular weight is 263 g/mol. The topological polar surface area (TPSA) is 63.3 Å². The van der Waals surface area contributed by atoms with Crippen molar-refractivity contribution in [2.75, 3.05) is 0 Å². The predicted molar refractivity (Wildman–Crippen MR) is 49.3 cm³/mol. The van der Waals surface area contributed by atoms with Gasteiger partial charge in [-0.3, -0.25) is 4.79 Å². The third-order valence-electron chi connectivity index (χ3n) is 1.17. The van der Waals surface area contributed by atoms with Crippen molar-refractivity contribution in [2.45, 2.75) is 0 Å². The molecule has 4 heteroatoms. The summed E-state index contributed by atoms with van der Waals surface area (Å²) >= 11 is 2.00. The number of nitrogens with two attached hydrogens (primary N) is 1. The number of hydrogen-bond acceptors (Lipinski definition) is 2. The number of primary amides is 1. The maximum Gasteiger partial charge on any atom is 0.248 e. The van der Waals surface area contributed by atoms with Gasteiger partial charge in [0, 0.05) is 9.13 Å². The molecule has 1 aromatic carbocycles. The standard InChI is InChI=1S/C7H6INO2/c8-5-1-4(7(9)11)2-6(10)3-5/h1-3,10H,(H2,9,11). The SMILES string of the molecule is NC(=O)c1cc(O)cc(I)c1. The first-order chi connectivity index (χ1) is 5.09. The van der Waals surface area contributed by atoms with Crippen LogP contribution in [-0.2, 0) is 0 Å². The van der Waals surface area contributed by atoms with E-state index in [9.17, 15) is 4.79 Å². The molecule has 3 nitrogen and oxygen atoms in total. The Morgan fingerprint density at radius 3 is 2.55 bits per heavy atom. The highest BCUT2D eigenvalue weighted by molar-refractivity contribution is 14.1. The molecule has 0 aliphatic rings. The minimum Gasteiger partial charge on any atom is -0.508 e. The zero-order valence-electron chi connectivity index (χ0n) is 5.54. The molecular formula is C7H6INO2. The molecular weight excluding hydrogens is 257 g/mol. The molecule has 0 aromatic heterocycles. The maximum absolute atomic E-state index is 10.6. The van der Waals surface area contributed by atoms with Crippen LogP contribution in [0.25, 0.3) is 0 Å². The Kier molecular flexibility index (Phi) is 2.33. The van der Waals surface area contributed by atoms with Crippen LogP contribution in [0.5, 0.6) is 5.75 Å². The number of phenolic OH excluding ortho intramolecular Hbond substituents is 1. The Hall–Kier alpha value is -0.780. The van der Waals surface area contributed by atoms with Gasteiger partial charge < -0.3 is 10.8 Å². The molecule has 0 unspecified atom stereocenters. The molecule has 3 N–H and O–H groups in total. The third-order valence-corrected chi connectivity index (χ3v) is 1.79. The molecule has 58 valence electrons. The number of hydrogen-bond donors (Lipinski definition) is 2. The van der Waals surface area contributed by atoms with Gasteiger partial charge in [0.15, 0.2) is 0 Å². The minimum absolute atomic E-state index is 0.0608. The predicted octanol–water partition coefficient (Wildman–Crippen LogP) is 1.10. The molecule has 1 aromatic rings. The van der Waals surface area contributed by atoms with Gasteiger partial charge in [-0.05, 0) is 40.8 Å². The number of aromatic hydroxyl groups is 1. The highest BCUT2D eigenvalue weighted by atomic mass is 127. The number of carbonyl (C=O) groups excluding carboxylic acids is 1. The fourth-order valence-corrected chi connectivity index (χ4v) is 1.37. The molecule has 0 spiro atoms. The number of rotatable bonds is 1. The second kappa shape index (κ2) is 3.08. The lowest BCUT2D eigenvalue weighted by Gasteiger charge is -1.97. The molecule has 0 radical (unpaired) electrons. The highest BCUT2D eigenvalue weighted by Gasteiger charge is 2.02. The van der Waals surface area contributed by atoms with E-state index >= 15 is 0 Å². The molecule has 0 saturated carbocycles. The lowest BCUT2D eigenvalue weighted by Crippen LogP contribution is -2.10. The van der Waals surface area contributed by atoms with E-state index in [0.717, 1.165) is 3.57 Å². The van der Waals surface area contributed by atoms with Crippen molar-refractivity contribution in [2.24, 2.45) is 5.73 Å². The van der Waals surface area contributed by atoms with Crippen molar-refractivity contribution >= 4 is 28.5 Å². The van der Waals surface area contributed by atoms with Gasteiger partial charge in [0.1, 0.15) is 5.75 Å². The van der Waals surface area contributed by atoms with Crippen LogP contribution in [0.1, 0.15) is 10.4 Å². The van der Waals surface area contributed by atoms with E-state index in [1.807, 2.05) is 22.6 Å². The van der Waals surface area contributed by atoms with Crippen molar-refractivity contribution in [1.82, 2.24) is 0 Å². The second-order valence-electron chi connectivity index (χ2n) is 2.06. The van der Waals surface area contributed by atoms with E-state index in [-0.39, 0.29) is 5.75 Å². The number of carbonyl (C=O) groups is 1. The first-order valence-corrected chi connectivity index (χ1v) is 3.97. The van der Waals surface area contributed by atoms with E-state index < -0.39 is 5.91 Å². The lowest BCUT2D eigenvalue weighted by atomic mass is 10.2. The van der Waals surface area contributed by atoms with Crippen molar-refractivity contribution in [1.29, 1.82) is 0 Å². The fourth-order valence-electron chi connectivity index (χ4n) is 0.716. The zero-order chi connectivity index (χ0) is 8.43. The molecule has 0 fully saturated rings. The summed E-state index contributed by atoms with van der Waals surface area (Å²) in [6.07, 6.45) is 0. The van der Waals surface area contributed by atoms with Crippen molar-refractivity contribution < 1.29 is 9.90 Å². The Balaban J connectivity index is 3.19. The van der Waals surface area contributed by atoms with Gasteiger partial charge >= 0.3 is 0 Å². The summed E-state index contributed by atoms with van der Waals surface area (Å²) in [5.41, 5.74) is 5.33. The van der Waals surface area contributed by atoms with Crippen LogP contribution < -0.4 is 5.73 Å². The summed E-state index contributed by atoms with van der Waals surface area (Å²) < 4.78 is 0.788. The van der Waals surface area contributed by atoms with Gasteiger partial charge in [0.25, 0.3) is 0 Å². The van der Waals surface area contributed by atoms with Gasteiger partial charge in [-0.1, -0.05) is 0 Å². The molecule has 11 heavy (non-hydrogen) atoms. The maximum atomic E-state index is 10.6. The summed E-state index contributed by atoms with van der Waals surface area (Å²) in [6, 6.07) is 4.50. The molecule has 0 aliphatic carbocycles. The number of halogens is 1. The summed E-state index contributed by atoms with van der Waals surface area (Å²) in [7, 11) is 0. The summed E-state index contributed by atoms with van der Waals surface area (Å²) in [4.78, 5) is 10.6. The Bertz CT molecular complexity index is 278. The second-order valence-corrected chi connectivity index (χ2v) is 3.31. The summed E-state index contributed by atoms with van der Waals surface area (Å²) in [6.45, 7) is 0. The molecule has 1 amide bonds. The molecule has 0 atom stereocenters. The van der Waals surface area contributed by atoms with Gasteiger partial charge in [-0.2, -0.15) is 0 Å². The monoisotopic (exact) mass is 263 g/mol. The minimum atomic E-state index is -0.529. The largest absolute Gasteiger partial charge is 0.508 e. The van der Waals surface area contributed by atoms with Crippen LogP contribution in [0.3, 0.4) is 0 Å². The van der Waals surface area contributed by atoms with Crippen LogP contribution in [0.15, 0.2) is 18.2 Å². The van der Waals surface area contributed by atoms with Gasteiger partial charge in [0.2, 0.25) is 5.91 Å². The van der Waals surface area contributed by atoms with E-state index in [4.69, 9.17) is 10.8 Å². The molecule has 0 bridgehead atoms. The summed E-state index contributed by atoms with van der Waals surface area (Å²) in [5, 5.41) is 9.03. The van der Waals surface area contributed by atoms with E-state index in [2.05, 4.69) is 0 Å². The molecule has 0 aliphatic heterocycles. The van der Waals surface area contributed by atoms with Crippen LogP contribution in [0, 0.1) is 3.57 Å². The molecule has 0 heterocycles. The van der Waals surface area contributed by atoms with E-state index in [1.165, 1.54) is 6.07 Å². The third kappa shape index (κ3) is 2.07. The van der Waals surface area contributed by atoms with Crippen LogP contribution in [-0.4, -0.2) is 11.0 Å². The number of phenols is 1. The van der Waals surface area contributed by atoms with E-state index in [1.54, 1.807) is 12.1 Å². The lowest BCUT2D eigenvalue weighted by molar-refractivity contribution is 0.1000. The zero-order valence-corrected chi connectivity index (χ0v) is 7.70. The number of benzene rings is 1. The van der Waals surface area contributed by atoms with E-state index in [0.29, 0.717) is 5.56 Å². The van der Waals surface area contributed by atoms with Crippen molar-refractivity contribution in [3.05, 3.63) is 27.3 Å². The normalized spacial score (nSPS) is 9.55. The Labute approximate surface area is 77.4 Å². The first kappa shape index (κ1) is 8.32. The number of amides is 1. The average Bonchev–Trinajstić information content (AvgIpc) is 1.85. The summed E-state index contributed by atoms with van der Waals surface area (Å²) in [5.74, 6) is -0.468. The van der Waals surface area contributed by atoms with Crippen molar-refractivity contribution in [3.8, 4) is 5.75 Å². The van der Waals surface area contributed by atoms with Crippen LogP contribution in [0.4, 0.5) is 0 Å². The van der Waals surface area contributed by atoms with Crippen LogP contribution in [0.2, 0.25) is 0 Å². The smallest absolute Gasteiger partial charge is 0.248 e. The molecule has 1 rings (SSSR count). The Morgan fingerprint density at radius 1 is 1.45 bits per heavy atom. The first-order valence-electron chi connectivity index (χ1n) is 2.89. The Morgan fingerprint density at radius 2 is 2.09 bits per heavy atom. The molecule has 0 saturated heterocycles. The van der Waals surface area contributed by atoms with Crippen molar-refractivity contribution in [3.63, 3.8) is 0 Å².